The summed E-state index contributed by atoms with van der Waals surface area (Å²) in [6.45, 7) is 2.08. The van der Waals surface area contributed by atoms with E-state index >= 15 is 17.6 Å². The fraction of sp³-hybridized carbons (Fsp3) is 0.250. The van der Waals surface area contributed by atoms with Gasteiger partial charge in [0.2, 0.25) is 0 Å². The topological polar surface area (TPSA) is 12.0 Å². The Morgan fingerprint density at radius 2 is 1.24 bits per heavy atom. The van der Waals surface area contributed by atoms with Crippen molar-refractivity contribution < 1.29 is 26.3 Å². The molecule has 0 saturated carbocycles. The third-order valence-electron chi connectivity index (χ3n) is 7.66. The minimum atomic E-state index is -2.61. The summed E-state index contributed by atoms with van der Waals surface area (Å²) in [6.07, 6.45) is 4.02. The van der Waals surface area contributed by atoms with Crippen molar-refractivity contribution in [3.05, 3.63) is 131 Å². The molecule has 1 unspecified atom stereocenters. The lowest BCUT2D eigenvalue weighted by molar-refractivity contribution is 0.504. The molecule has 3 atom stereocenters. The van der Waals surface area contributed by atoms with E-state index in [2.05, 4.69) is 11.8 Å². The van der Waals surface area contributed by atoms with Crippen LogP contribution in [0.1, 0.15) is 55.8 Å². The van der Waals surface area contributed by atoms with E-state index in [4.69, 9.17) is 0 Å². The van der Waals surface area contributed by atoms with Crippen LogP contribution in [0.4, 0.5) is 26.3 Å². The summed E-state index contributed by atoms with van der Waals surface area (Å²) in [5, 5.41) is -1.78. The highest BCUT2D eigenvalue weighted by Gasteiger charge is 2.51. The lowest BCUT2D eigenvalue weighted by Gasteiger charge is -2.41. The van der Waals surface area contributed by atoms with Crippen LogP contribution in [0, 0.1) is 34.9 Å². The minimum Gasteiger partial charge on any atom is -0.265 e. The van der Waals surface area contributed by atoms with Crippen LogP contribution in [0.3, 0.4) is 0 Å². The molecule has 4 aromatic carbocycles. The third kappa shape index (κ3) is 5.95. The number of unbranched alkanes of at least 4 members (excludes halogenated alkanes) is 1. The molecular weight excluding hydrogens is 574 g/mol. The zero-order chi connectivity index (χ0) is 29.1. The highest BCUT2D eigenvalue weighted by atomic mass is 31.2. The molecular formula is C32H29F6NP2. The van der Waals surface area contributed by atoms with Crippen LogP contribution < -0.4 is 15.5 Å². The van der Waals surface area contributed by atoms with Crippen LogP contribution in [0.15, 0.2) is 84.9 Å². The second kappa shape index (κ2) is 12.7. The average Bonchev–Trinajstić information content (AvgIpc) is 3.30. The van der Waals surface area contributed by atoms with Crippen molar-refractivity contribution in [1.82, 2.24) is 4.86 Å². The monoisotopic (exact) mass is 603 g/mol. The fourth-order valence-corrected chi connectivity index (χ4v) is 12.8. The first-order chi connectivity index (χ1) is 19.7. The van der Waals surface area contributed by atoms with E-state index in [9.17, 15) is 8.78 Å². The first-order valence-electron chi connectivity index (χ1n) is 13.5. The summed E-state index contributed by atoms with van der Waals surface area (Å²) in [5.41, 5.74) is 1.95. The lowest BCUT2D eigenvalue weighted by Crippen LogP contribution is -2.33. The first-order valence-corrected chi connectivity index (χ1v) is 16.3. The van der Waals surface area contributed by atoms with Crippen LogP contribution in [0.5, 0.6) is 0 Å². The molecule has 5 rings (SSSR count). The Morgan fingerprint density at radius 3 is 1.73 bits per heavy atom. The molecule has 1 fully saturated rings. The van der Waals surface area contributed by atoms with Gasteiger partial charge in [-0.05, 0) is 38.5 Å². The van der Waals surface area contributed by atoms with E-state index < -0.39 is 66.8 Å². The standard InChI is InChI=1S/C32H29F6NP2/c1-2-3-15-32(22-12-8-5-9-13-22)16-14-29(21-10-6-4-7-11-21)41(32)39-40(30-25(35)17-23(33)18-26(30)36)31-27(37)19-24(34)20-28(31)38/h4-13,17-20,29,39H,2-3,14-16H2,1H3/t29-,32-,41?/m0/s1. The molecule has 41 heavy (non-hydrogen) atoms. The Balaban J connectivity index is 1.74. The summed E-state index contributed by atoms with van der Waals surface area (Å²) >= 11 is 0. The Morgan fingerprint density at radius 1 is 0.756 bits per heavy atom. The zero-order valence-electron chi connectivity index (χ0n) is 22.4. The molecule has 0 aliphatic carbocycles. The molecule has 1 aliphatic heterocycles. The summed E-state index contributed by atoms with van der Waals surface area (Å²) in [7, 11) is -4.05. The van der Waals surface area contributed by atoms with Gasteiger partial charge in [0.15, 0.2) is 0 Å². The molecule has 214 valence electrons. The fourth-order valence-electron chi connectivity index (χ4n) is 5.79. The maximum atomic E-state index is 15.4. The largest absolute Gasteiger partial charge is 0.265 e. The average molecular weight is 604 g/mol. The predicted molar refractivity (Wildman–Crippen MR) is 155 cm³/mol. The van der Waals surface area contributed by atoms with Gasteiger partial charge in [0.1, 0.15) is 34.9 Å². The highest BCUT2D eigenvalue weighted by molar-refractivity contribution is 7.80. The van der Waals surface area contributed by atoms with Gasteiger partial charge >= 0.3 is 0 Å². The second-order valence-corrected chi connectivity index (χ2v) is 14.8. The molecule has 1 N–H and O–H groups in total. The number of rotatable bonds is 9. The molecule has 1 nitrogen and oxygen atoms in total. The Labute approximate surface area is 238 Å². The van der Waals surface area contributed by atoms with Gasteiger partial charge in [0, 0.05) is 43.2 Å². The highest BCUT2D eigenvalue weighted by Crippen LogP contribution is 2.75. The maximum Gasteiger partial charge on any atom is 0.138 e. The smallest absolute Gasteiger partial charge is 0.138 e. The molecule has 1 aliphatic rings. The molecule has 1 saturated heterocycles. The van der Waals surface area contributed by atoms with E-state index in [0.29, 0.717) is 24.3 Å². The first kappa shape index (κ1) is 29.8. The number of nitrogens with one attached hydrogen (secondary N) is 1. The van der Waals surface area contributed by atoms with Crippen molar-refractivity contribution in [3.8, 4) is 0 Å². The third-order valence-corrected chi connectivity index (χ3v) is 13.9. The molecule has 0 bridgehead atoms. The second-order valence-electron chi connectivity index (χ2n) is 10.2. The van der Waals surface area contributed by atoms with Crippen LogP contribution in [-0.4, -0.2) is 0 Å². The Kier molecular flexibility index (Phi) is 9.18. The minimum absolute atomic E-state index is 0.105. The van der Waals surface area contributed by atoms with Gasteiger partial charge < -0.3 is 0 Å². The molecule has 0 aromatic heterocycles. The van der Waals surface area contributed by atoms with Crippen LogP contribution in [0.25, 0.3) is 0 Å². The van der Waals surface area contributed by atoms with Gasteiger partial charge in [0.25, 0.3) is 0 Å². The Bertz CT molecular complexity index is 1400. The van der Waals surface area contributed by atoms with E-state index in [1.54, 1.807) is 0 Å². The molecule has 9 heteroatoms. The van der Waals surface area contributed by atoms with Crippen molar-refractivity contribution in [2.75, 3.05) is 0 Å². The van der Waals surface area contributed by atoms with Crippen molar-refractivity contribution in [1.29, 1.82) is 0 Å². The number of halogens is 6. The van der Waals surface area contributed by atoms with E-state index in [-0.39, 0.29) is 5.66 Å². The molecule has 0 amide bonds. The van der Waals surface area contributed by atoms with Crippen molar-refractivity contribution >= 4 is 26.8 Å². The van der Waals surface area contributed by atoms with Gasteiger partial charge in [0.05, 0.1) is 10.6 Å². The van der Waals surface area contributed by atoms with Gasteiger partial charge in [-0.15, -0.1) is 0 Å². The predicted octanol–water partition coefficient (Wildman–Crippen LogP) is 9.48. The SMILES string of the molecule is CCCC[C@@]1(c2ccccc2)CC[C@@H](c2ccccc2)P1NP(c1c(F)cc(F)cc1F)c1c(F)cc(F)cc1F. The molecule has 0 spiro atoms. The van der Waals surface area contributed by atoms with Crippen molar-refractivity contribution in [2.24, 2.45) is 0 Å². The maximum absolute atomic E-state index is 15.4. The normalized spacial score (nSPS) is 20.6. The summed E-state index contributed by atoms with van der Waals surface area (Å²) in [6, 6.07) is 21.6. The molecule has 4 aromatic rings. The summed E-state index contributed by atoms with van der Waals surface area (Å²) in [4.78, 5) is 3.42. The number of benzene rings is 4. The van der Waals surface area contributed by atoms with E-state index in [1.165, 1.54) is 0 Å². The molecule has 1 heterocycles. The quantitative estimate of drug-likeness (QED) is 0.149. The van der Waals surface area contributed by atoms with E-state index in [0.717, 1.165) is 43.2 Å². The van der Waals surface area contributed by atoms with Gasteiger partial charge in [-0.2, -0.15) is 0 Å². The van der Waals surface area contributed by atoms with Gasteiger partial charge in [-0.25, -0.2) is 26.3 Å². The van der Waals surface area contributed by atoms with E-state index in [1.807, 2.05) is 60.7 Å². The van der Waals surface area contributed by atoms with Crippen LogP contribution in [-0.2, 0) is 5.16 Å². The van der Waals surface area contributed by atoms with Gasteiger partial charge in [-0.1, -0.05) is 80.4 Å². The number of hydrogen-bond donors (Lipinski definition) is 1. The van der Waals surface area contributed by atoms with Crippen LogP contribution >= 0.6 is 16.1 Å². The number of hydrogen-bond acceptors (Lipinski definition) is 1. The zero-order valence-corrected chi connectivity index (χ0v) is 24.1. The summed E-state index contributed by atoms with van der Waals surface area (Å²) < 4.78 is 89.5. The van der Waals surface area contributed by atoms with Crippen LogP contribution in [0.2, 0.25) is 0 Å². The van der Waals surface area contributed by atoms with Gasteiger partial charge in [-0.3, -0.25) is 4.86 Å². The van der Waals surface area contributed by atoms with Crippen molar-refractivity contribution in [3.63, 3.8) is 0 Å². The lowest BCUT2D eigenvalue weighted by atomic mass is 9.88. The summed E-state index contributed by atoms with van der Waals surface area (Å²) in [5.74, 6) is -7.31. The van der Waals surface area contributed by atoms with Crippen molar-refractivity contribution in [2.45, 2.75) is 49.8 Å². The Hall–Kier alpha value is -2.72. The molecule has 0 radical (unpaired) electrons.